The van der Waals surface area contributed by atoms with E-state index in [-0.39, 0.29) is 11.9 Å². The molecule has 0 unspecified atom stereocenters. The monoisotopic (exact) mass is 303 g/mol. The van der Waals surface area contributed by atoms with Crippen LogP contribution in [0.4, 0.5) is 0 Å². The van der Waals surface area contributed by atoms with Gasteiger partial charge in [0.2, 0.25) is 0 Å². The first kappa shape index (κ1) is 14.0. The highest BCUT2D eigenvalue weighted by Crippen LogP contribution is 2.31. The molecule has 1 amide bonds. The van der Waals surface area contributed by atoms with Crippen molar-refractivity contribution in [2.75, 3.05) is 26.7 Å². The Morgan fingerprint density at radius 1 is 1.48 bits per heavy atom. The molecule has 0 aliphatic carbocycles. The molecule has 1 atom stereocenters. The molecule has 1 aliphatic rings. The van der Waals surface area contributed by atoms with E-state index in [1.54, 1.807) is 18.0 Å². The number of benzene rings is 1. The van der Waals surface area contributed by atoms with Gasteiger partial charge in [0.25, 0.3) is 5.91 Å². The van der Waals surface area contributed by atoms with Crippen LogP contribution in [-0.4, -0.2) is 42.5 Å². The number of aromatic nitrogens is 1. The molecule has 0 radical (unpaired) electrons. The van der Waals surface area contributed by atoms with E-state index in [9.17, 15) is 4.79 Å². The van der Waals surface area contributed by atoms with Crippen molar-refractivity contribution in [2.45, 2.75) is 6.04 Å². The van der Waals surface area contributed by atoms with Crippen molar-refractivity contribution in [3.05, 3.63) is 46.4 Å². The van der Waals surface area contributed by atoms with Crippen molar-refractivity contribution in [3.8, 4) is 5.75 Å². The Labute approximate surface area is 127 Å². The Kier molecular flexibility index (Phi) is 4.17. The van der Waals surface area contributed by atoms with E-state index in [0.29, 0.717) is 12.2 Å². The number of para-hydroxylation sites is 1. The molecule has 0 spiro atoms. The average molecular weight is 303 g/mol. The van der Waals surface area contributed by atoms with Crippen LogP contribution < -0.4 is 10.1 Å². The second-order valence-corrected chi connectivity index (χ2v) is 5.55. The zero-order valence-electron chi connectivity index (χ0n) is 11.8. The summed E-state index contributed by atoms with van der Waals surface area (Å²) in [5, 5.41) is 5.14. The van der Waals surface area contributed by atoms with E-state index in [1.807, 2.05) is 29.2 Å². The first-order valence-electron chi connectivity index (χ1n) is 6.84. The number of rotatable bonds is 3. The van der Waals surface area contributed by atoms with E-state index < -0.39 is 0 Å². The molecule has 5 nitrogen and oxygen atoms in total. The van der Waals surface area contributed by atoms with Crippen molar-refractivity contribution in [1.82, 2.24) is 15.2 Å². The lowest BCUT2D eigenvalue weighted by Gasteiger charge is -2.36. The van der Waals surface area contributed by atoms with Crippen molar-refractivity contribution in [3.63, 3.8) is 0 Å². The first-order valence-corrected chi connectivity index (χ1v) is 7.78. The summed E-state index contributed by atoms with van der Waals surface area (Å²) in [6.45, 7) is 2.18. The van der Waals surface area contributed by atoms with Crippen molar-refractivity contribution in [1.29, 1.82) is 0 Å². The number of carbonyl (C=O) groups excluding carboxylic acids is 1. The van der Waals surface area contributed by atoms with Crippen LogP contribution in [0.5, 0.6) is 5.75 Å². The molecule has 110 valence electrons. The topological polar surface area (TPSA) is 54.5 Å². The normalized spacial score (nSPS) is 18.5. The summed E-state index contributed by atoms with van der Waals surface area (Å²) in [7, 11) is 1.65. The lowest BCUT2D eigenvalue weighted by molar-refractivity contribution is 0.0626. The largest absolute Gasteiger partial charge is 0.496 e. The van der Waals surface area contributed by atoms with Crippen LogP contribution >= 0.6 is 11.3 Å². The van der Waals surface area contributed by atoms with Gasteiger partial charge >= 0.3 is 0 Å². The summed E-state index contributed by atoms with van der Waals surface area (Å²) in [6, 6.07) is 7.81. The van der Waals surface area contributed by atoms with Crippen molar-refractivity contribution in [2.24, 2.45) is 0 Å². The number of carbonyl (C=O) groups is 1. The highest BCUT2D eigenvalue weighted by molar-refractivity contribution is 7.07. The Hall–Kier alpha value is -1.92. The maximum Gasteiger partial charge on any atom is 0.273 e. The van der Waals surface area contributed by atoms with Gasteiger partial charge in [-0.2, -0.15) is 0 Å². The number of piperazine rings is 1. The van der Waals surface area contributed by atoms with Gasteiger partial charge in [-0.1, -0.05) is 18.2 Å². The molecular weight excluding hydrogens is 286 g/mol. The second-order valence-electron chi connectivity index (χ2n) is 4.83. The molecular formula is C15H17N3O2S. The van der Waals surface area contributed by atoms with Gasteiger partial charge in [-0.25, -0.2) is 4.98 Å². The van der Waals surface area contributed by atoms with Crippen LogP contribution in [0.1, 0.15) is 22.1 Å². The molecule has 3 rings (SSSR count). The molecule has 1 aromatic carbocycles. The number of ether oxygens (including phenoxy) is 1. The highest BCUT2D eigenvalue weighted by atomic mass is 32.1. The number of hydrogen-bond donors (Lipinski definition) is 1. The van der Waals surface area contributed by atoms with Gasteiger partial charge in [0, 0.05) is 30.6 Å². The molecule has 2 aromatic rings. The van der Waals surface area contributed by atoms with Crippen LogP contribution in [0.3, 0.4) is 0 Å². The summed E-state index contributed by atoms with van der Waals surface area (Å²) in [6.07, 6.45) is 0. The van der Waals surface area contributed by atoms with E-state index >= 15 is 0 Å². The molecule has 1 aromatic heterocycles. The zero-order chi connectivity index (χ0) is 14.7. The van der Waals surface area contributed by atoms with Gasteiger partial charge in [-0.15, -0.1) is 11.3 Å². The van der Waals surface area contributed by atoms with E-state index in [1.165, 1.54) is 11.3 Å². The van der Waals surface area contributed by atoms with E-state index in [0.717, 1.165) is 24.4 Å². The fourth-order valence-electron chi connectivity index (χ4n) is 2.63. The fourth-order valence-corrected chi connectivity index (χ4v) is 3.16. The minimum Gasteiger partial charge on any atom is -0.496 e. The van der Waals surface area contributed by atoms with Crippen LogP contribution in [0.15, 0.2) is 35.2 Å². The number of amides is 1. The number of nitrogens with zero attached hydrogens (tertiary/aromatic N) is 2. The smallest absolute Gasteiger partial charge is 0.273 e. The molecule has 6 heteroatoms. The lowest BCUT2D eigenvalue weighted by Crippen LogP contribution is -2.48. The van der Waals surface area contributed by atoms with Gasteiger partial charge in [-0.3, -0.25) is 4.79 Å². The van der Waals surface area contributed by atoms with Gasteiger partial charge in [0.05, 0.1) is 18.7 Å². The van der Waals surface area contributed by atoms with Gasteiger partial charge in [0.15, 0.2) is 0 Å². The minimum absolute atomic E-state index is 0.0198. The molecule has 0 bridgehead atoms. The Morgan fingerprint density at radius 2 is 2.33 bits per heavy atom. The summed E-state index contributed by atoms with van der Waals surface area (Å²) in [4.78, 5) is 18.7. The number of methoxy groups -OCH3 is 1. The number of hydrogen-bond acceptors (Lipinski definition) is 5. The van der Waals surface area contributed by atoms with E-state index in [2.05, 4.69) is 10.3 Å². The summed E-state index contributed by atoms with van der Waals surface area (Å²) < 4.78 is 5.44. The second kappa shape index (κ2) is 6.24. The van der Waals surface area contributed by atoms with Crippen molar-refractivity contribution < 1.29 is 9.53 Å². The Bertz CT molecular complexity index is 615. The summed E-state index contributed by atoms with van der Waals surface area (Å²) in [5.74, 6) is 0.788. The maximum atomic E-state index is 12.6. The molecule has 2 heterocycles. The third-order valence-corrected chi connectivity index (χ3v) is 4.24. The summed E-state index contributed by atoms with van der Waals surface area (Å²) in [5.41, 5.74) is 3.23. The maximum absolute atomic E-state index is 12.6. The molecule has 1 N–H and O–H groups in total. The molecule has 1 saturated heterocycles. The van der Waals surface area contributed by atoms with Crippen LogP contribution in [-0.2, 0) is 0 Å². The molecule has 0 saturated carbocycles. The van der Waals surface area contributed by atoms with Gasteiger partial charge < -0.3 is 15.0 Å². The first-order chi connectivity index (χ1) is 10.3. The van der Waals surface area contributed by atoms with Gasteiger partial charge in [0.1, 0.15) is 11.4 Å². The van der Waals surface area contributed by atoms with Gasteiger partial charge in [-0.05, 0) is 6.07 Å². The lowest BCUT2D eigenvalue weighted by atomic mass is 10.0. The van der Waals surface area contributed by atoms with E-state index in [4.69, 9.17) is 4.74 Å². The predicted octanol–water partition coefficient (Wildman–Crippen LogP) is 1.94. The summed E-state index contributed by atoms with van der Waals surface area (Å²) >= 11 is 1.44. The highest BCUT2D eigenvalue weighted by Gasteiger charge is 2.31. The predicted molar refractivity (Wildman–Crippen MR) is 81.8 cm³/mol. The quantitative estimate of drug-likeness (QED) is 0.941. The third-order valence-electron chi connectivity index (χ3n) is 3.65. The third kappa shape index (κ3) is 2.77. The van der Waals surface area contributed by atoms with Crippen LogP contribution in [0.25, 0.3) is 0 Å². The van der Waals surface area contributed by atoms with Crippen molar-refractivity contribution >= 4 is 17.2 Å². The van der Waals surface area contributed by atoms with Crippen LogP contribution in [0, 0.1) is 0 Å². The standard InChI is InChI=1S/C15H17N3O2S/c1-20-14-5-3-2-4-11(14)13-8-16-6-7-18(13)15(19)12-9-21-10-17-12/h2-5,9-10,13,16H,6-8H2,1H3/t13-/m0/s1. The molecule has 1 fully saturated rings. The SMILES string of the molecule is COc1ccccc1[C@@H]1CNCCN1C(=O)c1cscn1. The zero-order valence-corrected chi connectivity index (χ0v) is 12.6. The minimum atomic E-state index is -0.0379. The fraction of sp³-hybridized carbons (Fsp3) is 0.333. The Morgan fingerprint density at radius 3 is 3.10 bits per heavy atom. The number of nitrogens with one attached hydrogen (secondary N) is 1. The Balaban J connectivity index is 1.93. The number of thiazole rings is 1. The van der Waals surface area contributed by atoms with Crippen LogP contribution in [0.2, 0.25) is 0 Å². The average Bonchev–Trinajstić information content (AvgIpc) is 3.08. The molecule has 1 aliphatic heterocycles. The molecule has 21 heavy (non-hydrogen) atoms.